The van der Waals surface area contributed by atoms with Crippen LogP contribution in [0.2, 0.25) is 0 Å². The van der Waals surface area contributed by atoms with E-state index in [-0.39, 0.29) is 37.9 Å². The Hall–Kier alpha value is -3.80. The monoisotopic (exact) mass is 645 g/mol. The van der Waals surface area contributed by atoms with E-state index in [0.29, 0.717) is 19.2 Å². The number of benzene rings is 3. The van der Waals surface area contributed by atoms with Gasteiger partial charge in [-0.05, 0) is 60.2 Å². The van der Waals surface area contributed by atoms with Crippen LogP contribution in [-0.2, 0) is 36.9 Å². The first-order chi connectivity index (χ1) is 22.9. The molecule has 2 saturated heterocycles. The first-order valence-electron chi connectivity index (χ1n) is 16.5. The van der Waals surface area contributed by atoms with Gasteiger partial charge in [-0.25, -0.2) is 4.79 Å². The molecule has 2 amide bonds. The number of nitrogens with zero attached hydrogens (tertiary/aromatic N) is 1. The second-order valence-electron chi connectivity index (χ2n) is 12.2. The van der Waals surface area contributed by atoms with Crippen LogP contribution in [0.15, 0.2) is 72.8 Å². The maximum absolute atomic E-state index is 12.1. The van der Waals surface area contributed by atoms with Crippen molar-refractivity contribution in [3.63, 3.8) is 0 Å². The van der Waals surface area contributed by atoms with Crippen molar-refractivity contribution in [2.75, 3.05) is 40.0 Å². The second kappa shape index (κ2) is 16.9. The normalized spacial score (nSPS) is 22.9. The Morgan fingerprint density at radius 2 is 1.72 bits per heavy atom. The van der Waals surface area contributed by atoms with Crippen molar-refractivity contribution < 1.29 is 33.6 Å². The molecule has 47 heavy (non-hydrogen) atoms. The number of hydrogen-bond acceptors (Lipinski definition) is 8. The van der Waals surface area contributed by atoms with Crippen LogP contribution >= 0.6 is 0 Å². The molecule has 10 nitrogen and oxygen atoms in total. The number of aliphatic hydroxyl groups excluding tert-OH is 1. The molecule has 3 aromatic carbocycles. The number of likely N-dealkylation sites (tertiary alicyclic amines) is 1. The maximum Gasteiger partial charge on any atom is 0.325 e. The molecular formula is C37H47N3O7. The quantitative estimate of drug-likeness (QED) is 0.220. The molecule has 3 aromatic rings. The number of ether oxygens (including phenoxy) is 4. The lowest BCUT2D eigenvalue weighted by Crippen LogP contribution is -2.46. The number of aliphatic hydroxyl groups is 1. The summed E-state index contributed by atoms with van der Waals surface area (Å²) < 4.78 is 23.7. The molecule has 0 bridgehead atoms. The lowest BCUT2D eigenvalue weighted by atomic mass is 9.89. The van der Waals surface area contributed by atoms with E-state index in [4.69, 9.17) is 18.9 Å². The van der Waals surface area contributed by atoms with Crippen molar-refractivity contribution >= 4 is 12.0 Å². The summed E-state index contributed by atoms with van der Waals surface area (Å²) in [7, 11) is 1.76. The van der Waals surface area contributed by atoms with Gasteiger partial charge in [-0.3, -0.25) is 9.69 Å². The van der Waals surface area contributed by atoms with Crippen molar-refractivity contribution in [2.24, 2.45) is 5.92 Å². The zero-order valence-electron chi connectivity index (χ0n) is 27.5. The third kappa shape index (κ3) is 9.18. The standard InChI is InChI=1S/C37H47N3O7/c1-4-45-34(42)21-39-37(43)38-20-27-7-5-8-31(19-27)28-14-16-30(17-15-28)36-46-33(22-40-18-6-9-32(40)24-44-3)25(2)35(47-36)29-12-10-26(23-41)11-13-29/h5,7-8,10-17,19,25,32-33,35-36,41H,4,6,9,18,20-24H2,1-3H3,(H2,38,39,43)/t25-,32-,33+,35+,36+/m0/s1. The van der Waals surface area contributed by atoms with E-state index in [1.807, 2.05) is 48.5 Å². The van der Waals surface area contributed by atoms with Crippen LogP contribution in [0.25, 0.3) is 11.1 Å². The van der Waals surface area contributed by atoms with Crippen LogP contribution in [0.4, 0.5) is 4.79 Å². The number of methoxy groups -OCH3 is 1. The van der Waals surface area contributed by atoms with Crippen LogP contribution < -0.4 is 10.6 Å². The molecule has 3 N–H and O–H groups in total. The first-order valence-corrected chi connectivity index (χ1v) is 16.5. The molecular weight excluding hydrogens is 598 g/mol. The van der Waals surface area contributed by atoms with Crippen molar-refractivity contribution in [2.45, 2.75) is 64.4 Å². The number of nitrogens with one attached hydrogen (secondary N) is 2. The first kappa shape index (κ1) is 34.5. The summed E-state index contributed by atoms with van der Waals surface area (Å²) in [5.74, 6) is -0.366. The number of hydrogen-bond donors (Lipinski definition) is 3. The van der Waals surface area contributed by atoms with Gasteiger partial charge in [0, 0.05) is 37.7 Å². The van der Waals surface area contributed by atoms with E-state index >= 15 is 0 Å². The molecule has 2 heterocycles. The zero-order valence-corrected chi connectivity index (χ0v) is 27.5. The van der Waals surface area contributed by atoms with Crippen molar-refractivity contribution in [3.05, 3.63) is 95.1 Å². The molecule has 252 valence electrons. The highest BCUT2D eigenvalue weighted by atomic mass is 16.7. The molecule has 2 aliphatic heterocycles. The van der Waals surface area contributed by atoms with Gasteiger partial charge in [-0.15, -0.1) is 0 Å². The Balaban J connectivity index is 1.28. The minimum Gasteiger partial charge on any atom is -0.465 e. The smallest absolute Gasteiger partial charge is 0.325 e. The molecule has 2 aliphatic rings. The van der Waals surface area contributed by atoms with E-state index in [0.717, 1.165) is 59.3 Å². The average Bonchev–Trinajstić information content (AvgIpc) is 3.54. The van der Waals surface area contributed by atoms with Gasteiger partial charge in [0.15, 0.2) is 6.29 Å². The molecule has 0 spiro atoms. The van der Waals surface area contributed by atoms with Gasteiger partial charge in [0.2, 0.25) is 0 Å². The van der Waals surface area contributed by atoms with Crippen LogP contribution in [-0.4, -0.2) is 74.1 Å². The predicted molar refractivity (Wildman–Crippen MR) is 178 cm³/mol. The van der Waals surface area contributed by atoms with Gasteiger partial charge in [-0.2, -0.15) is 0 Å². The SMILES string of the molecule is CCOC(=O)CNC(=O)NCc1cccc(-c2ccc([C@@H]3O[C@H](CN4CCC[C@H]4COC)[C@H](C)[C@H](c4ccc(CO)cc4)O3)cc2)c1. The Morgan fingerprint density at radius 1 is 0.957 bits per heavy atom. The van der Waals surface area contributed by atoms with Crippen LogP contribution in [0.3, 0.4) is 0 Å². The zero-order chi connectivity index (χ0) is 33.2. The van der Waals surface area contributed by atoms with Crippen molar-refractivity contribution in [3.8, 4) is 11.1 Å². The van der Waals surface area contributed by atoms with Gasteiger partial charge in [0.1, 0.15) is 6.54 Å². The summed E-state index contributed by atoms with van der Waals surface area (Å²) in [4.78, 5) is 26.1. The molecule has 0 saturated carbocycles. The Morgan fingerprint density at radius 3 is 2.45 bits per heavy atom. The summed E-state index contributed by atoms with van der Waals surface area (Å²) in [5.41, 5.74) is 5.85. The lowest BCUT2D eigenvalue weighted by Gasteiger charge is -2.43. The summed E-state index contributed by atoms with van der Waals surface area (Å²) in [6.45, 7) is 6.88. The fraction of sp³-hybridized carbons (Fsp3) is 0.459. The highest BCUT2D eigenvalue weighted by Gasteiger charge is 2.40. The number of amides is 2. The largest absolute Gasteiger partial charge is 0.465 e. The maximum atomic E-state index is 12.1. The molecule has 0 aliphatic carbocycles. The van der Waals surface area contributed by atoms with Gasteiger partial charge in [0.25, 0.3) is 0 Å². The summed E-state index contributed by atoms with van der Waals surface area (Å²) in [6.07, 6.45) is 1.52. The number of carbonyl (C=O) groups is 2. The highest BCUT2D eigenvalue weighted by molar-refractivity contribution is 5.80. The third-order valence-corrected chi connectivity index (χ3v) is 8.99. The van der Waals surface area contributed by atoms with Gasteiger partial charge in [0.05, 0.1) is 32.0 Å². The molecule has 2 fully saturated rings. The Bertz CT molecular complexity index is 1450. The topological polar surface area (TPSA) is 119 Å². The molecule has 5 rings (SSSR count). The summed E-state index contributed by atoms with van der Waals surface area (Å²) in [6, 6.07) is 24.1. The van der Waals surface area contributed by atoms with Crippen LogP contribution in [0.5, 0.6) is 0 Å². The van der Waals surface area contributed by atoms with Crippen molar-refractivity contribution in [1.29, 1.82) is 0 Å². The van der Waals surface area contributed by atoms with E-state index in [1.54, 1.807) is 14.0 Å². The average molecular weight is 646 g/mol. The van der Waals surface area contributed by atoms with Crippen LogP contribution in [0, 0.1) is 5.92 Å². The number of carbonyl (C=O) groups excluding carboxylic acids is 2. The van der Waals surface area contributed by atoms with Gasteiger partial charge >= 0.3 is 12.0 Å². The minimum absolute atomic E-state index is 0.00376. The van der Waals surface area contributed by atoms with E-state index < -0.39 is 18.3 Å². The minimum atomic E-state index is -0.542. The molecule has 0 unspecified atom stereocenters. The Kier molecular flexibility index (Phi) is 12.4. The fourth-order valence-electron chi connectivity index (χ4n) is 6.38. The summed E-state index contributed by atoms with van der Waals surface area (Å²) >= 11 is 0. The van der Waals surface area contributed by atoms with Crippen LogP contribution in [0.1, 0.15) is 61.3 Å². The molecule has 5 atom stereocenters. The molecule has 0 radical (unpaired) electrons. The number of rotatable bonds is 13. The van der Waals surface area contributed by atoms with Gasteiger partial charge in [-0.1, -0.05) is 73.7 Å². The number of esters is 1. The Labute approximate surface area is 277 Å². The predicted octanol–water partition coefficient (Wildman–Crippen LogP) is 5.11. The lowest BCUT2D eigenvalue weighted by molar-refractivity contribution is -0.276. The second-order valence-corrected chi connectivity index (χ2v) is 12.2. The van der Waals surface area contributed by atoms with E-state index in [1.165, 1.54) is 0 Å². The van der Waals surface area contributed by atoms with E-state index in [9.17, 15) is 14.7 Å². The fourth-order valence-corrected chi connectivity index (χ4v) is 6.38. The highest BCUT2D eigenvalue weighted by Crippen LogP contribution is 2.42. The van der Waals surface area contributed by atoms with Crippen molar-refractivity contribution in [1.82, 2.24) is 15.5 Å². The number of urea groups is 1. The van der Waals surface area contributed by atoms with E-state index in [2.05, 4.69) is 46.7 Å². The molecule has 0 aromatic heterocycles. The molecule has 10 heteroatoms. The van der Waals surface area contributed by atoms with Gasteiger partial charge < -0.3 is 34.7 Å². The third-order valence-electron chi connectivity index (χ3n) is 8.99. The summed E-state index contributed by atoms with van der Waals surface area (Å²) in [5, 5.41) is 14.9.